The minimum Gasteiger partial charge on any atom is -0.382 e. The van der Waals surface area contributed by atoms with Crippen molar-refractivity contribution in [2.75, 3.05) is 10.6 Å². The van der Waals surface area contributed by atoms with Gasteiger partial charge in [0.15, 0.2) is 0 Å². The van der Waals surface area contributed by atoms with Gasteiger partial charge in [-0.3, -0.25) is 0 Å². The number of benzene rings is 3. The van der Waals surface area contributed by atoms with Gasteiger partial charge in [-0.25, -0.2) is 4.79 Å². The summed E-state index contributed by atoms with van der Waals surface area (Å²) in [6.07, 6.45) is 5.47. The van der Waals surface area contributed by atoms with Crippen LogP contribution < -0.4 is 19.0 Å². The van der Waals surface area contributed by atoms with Crippen molar-refractivity contribution >= 4 is 37.6 Å². The quantitative estimate of drug-likeness (QED) is 0.353. The van der Waals surface area contributed by atoms with E-state index in [1.807, 2.05) is 13.0 Å². The van der Waals surface area contributed by atoms with E-state index in [-0.39, 0.29) is 34.2 Å². The molecular formula is C27H26N2O7S2. The molecule has 198 valence electrons. The smallest absolute Gasteiger partial charge is 0.339 e. The topological polar surface area (TPSA) is 128 Å². The molecule has 9 nitrogen and oxygen atoms in total. The highest BCUT2D eigenvalue weighted by atomic mass is 32.2. The first-order valence-electron chi connectivity index (χ1n) is 11.5. The molecule has 2 amide bonds. The van der Waals surface area contributed by atoms with Gasteiger partial charge in [-0.05, 0) is 56.7 Å². The van der Waals surface area contributed by atoms with Gasteiger partial charge >= 0.3 is 26.3 Å². The Hall–Kier alpha value is -4.09. The molecule has 3 aromatic rings. The SMILES string of the molecule is CC1=CCC(C)(S(=O)(=O)Oc2cccc(NC(=O)Nc3cccc(OS(=O)(=O)c4ccccc4)c3)c2)C=C1. The molecule has 0 heterocycles. The minimum atomic E-state index is -4.04. The average Bonchev–Trinajstić information content (AvgIpc) is 2.86. The standard InChI is InChI=1S/C27H26N2O7S2/c1-20-14-16-27(2,17-15-20)38(33,34)36-24-11-7-9-22(19-24)29-26(30)28-21-8-6-10-23(18-21)35-37(31,32)25-12-4-3-5-13-25/h3-16,18-19H,17H2,1-2H3,(H2,28,29,30). The Kier molecular flexibility index (Phi) is 7.61. The summed E-state index contributed by atoms with van der Waals surface area (Å²) in [6.45, 7) is 3.47. The third-order valence-electron chi connectivity index (χ3n) is 5.73. The van der Waals surface area contributed by atoms with Crippen LogP contribution in [0.15, 0.2) is 108 Å². The van der Waals surface area contributed by atoms with Crippen molar-refractivity contribution < 1.29 is 30.0 Å². The lowest BCUT2D eigenvalue weighted by molar-refractivity contribution is 0.262. The maximum atomic E-state index is 12.9. The Morgan fingerprint density at radius 3 is 1.95 bits per heavy atom. The van der Waals surface area contributed by atoms with Crippen LogP contribution in [-0.2, 0) is 20.2 Å². The van der Waals surface area contributed by atoms with Crippen LogP contribution in [0.2, 0.25) is 0 Å². The summed E-state index contributed by atoms with van der Waals surface area (Å²) >= 11 is 0. The number of anilines is 2. The zero-order chi connectivity index (χ0) is 27.4. The highest BCUT2D eigenvalue weighted by Gasteiger charge is 2.39. The van der Waals surface area contributed by atoms with E-state index >= 15 is 0 Å². The summed E-state index contributed by atoms with van der Waals surface area (Å²) in [7, 11) is -8.06. The monoisotopic (exact) mass is 554 g/mol. The lowest BCUT2D eigenvalue weighted by Gasteiger charge is -2.26. The molecule has 0 radical (unpaired) electrons. The van der Waals surface area contributed by atoms with Gasteiger partial charge in [0.25, 0.3) is 0 Å². The molecule has 0 aliphatic heterocycles. The lowest BCUT2D eigenvalue weighted by Crippen LogP contribution is -2.37. The van der Waals surface area contributed by atoms with E-state index < -0.39 is 31.0 Å². The van der Waals surface area contributed by atoms with Crippen molar-refractivity contribution in [3.8, 4) is 11.5 Å². The molecule has 3 aromatic carbocycles. The summed E-state index contributed by atoms with van der Waals surface area (Å²) in [6, 6.07) is 18.9. The van der Waals surface area contributed by atoms with Gasteiger partial charge in [-0.1, -0.05) is 54.1 Å². The van der Waals surface area contributed by atoms with E-state index in [2.05, 4.69) is 10.6 Å². The van der Waals surface area contributed by atoms with Gasteiger partial charge in [-0.2, -0.15) is 16.8 Å². The maximum absolute atomic E-state index is 12.9. The Morgan fingerprint density at radius 1 is 0.816 bits per heavy atom. The first kappa shape index (κ1) is 27.0. The van der Waals surface area contributed by atoms with Crippen molar-refractivity contribution in [1.82, 2.24) is 0 Å². The summed E-state index contributed by atoms with van der Waals surface area (Å²) in [5.74, 6) is 0.0627. The number of hydrogen-bond donors (Lipinski definition) is 2. The Bertz CT molecular complexity index is 1620. The van der Waals surface area contributed by atoms with Crippen LogP contribution in [0.1, 0.15) is 20.3 Å². The number of urea groups is 1. The predicted molar refractivity (Wildman–Crippen MR) is 145 cm³/mol. The van der Waals surface area contributed by atoms with Crippen LogP contribution in [0.3, 0.4) is 0 Å². The van der Waals surface area contributed by atoms with Gasteiger partial charge in [0.2, 0.25) is 0 Å². The van der Waals surface area contributed by atoms with Gasteiger partial charge < -0.3 is 19.0 Å². The summed E-state index contributed by atoms with van der Waals surface area (Å²) < 4.78 is 60.1. The number of nitrogens with one attached hydrogen (secondary N) is 2. The molecular weight excluding hydrogens is 528 g/mol. The molecule has 0 spiro atoms. The molecule has 1 aliphatic carbocycles. The third-order valence-corrected chi connectivity index (χ3v) is 8.85. The first-order chi connectivity index (χ1) is 18.0. The van der Waals surface area contributed by atoms with Crippen LogP contribution in [-0.4, -0.2) is 27.6 Å². The van der Waals surface area contributed by atoms with Crippen molar-refractivity contribution in [2.24, 2.45) is 0 Å². The largest absolute Gasteiger partial charge is 0.382 e. The minimum absolute atomic E-state index is 0.000279. The van der Waals surface area contributed by atoms with Crippen LogP contribution in [0, 0.1) is 0 Å². The second-order valence-electron chi connectivity index (χ2n) is 8.82. The number of rotatable bonds is 8. The van der Waals surface area contributed by atoms with E-state index in [4.69, 9.17) is 8.37 Å². The van der Waals surface area contributed by atoms with Crippen molar-refractivity contribution in [2.45, 2.75) is 29.9 Å². The summed E-state index contributed by atoms with van der Waals surface area (Å²) in [5, 5.41) is 5.18. The average molecular weight is 555 g/mol. The summed E-state index contributed by atoms with van der Waals surface area (Å²) in [4.78, 5) is 12.6. The van der Waals surface area contributed by atoms with Gasteiger partial charge in [0.1, 0.15) is 21.1 Å². The molecule has 0 saturated carbocycles. The van der Waals surface area contributed by atoms with Gasteiger partial charge in [-0.15, -0.1) is 0 Å². The molecule has 1 unspecified atom stereocenters. The Morgan fingerprint density at radius 2 is 1.39 bits per heavy atom. The normalized spacial score (nSPS) is 17.3. The molecule has 1 atom stereocenters. The summed E-state index contributed by atoms with van der Waals surface area (Å²) in [5.41, 5.74) is 1.54. The fourth-order valence-electron chi connectivity index (χ4n) is 3.52. The molecule has 4 rings (SSSR count). The zero-order valence-electron chi connectivity index (χ0n) is 20.6. The maximum Gasteiger partial charge on any atom is 0.339 e. The molecule has 2 N–H and O–H groups in total. The number of hydrogen-bond acceptors (Lipinski definition) is 7. The van der Waals surface area contributed by atoms with Gasteiger partial charge in [0, 0.05) is 23.5 Å². The lowest BCUT2D eigenvalue weighted by atomic mass is 9.98. The predicted octanol–water partition coefficient (Wildman–Crippen LogP) is 5.47. The van der Waals surface area contributed by atoms with Crippen LogP contribution >= 0.6 is 0 Å². The number of amides is 2. The Labute approximate surface area is 222 Å². The molecule has 1 aliphatic rings. The van der Waals surface area contributed by atoms with Crippen molar-refractivity contribution in [3.05, 3.63) is 103 Å². The van der Waals surface area contributed by atoms with E-state index in [1.165, 1.54) is 42.5 Å². The third kappa shape index (κ3) is 6.42. The molecule has 38 heavy (non-hydrogen) atoms. The highest BCUT2D eigenvalue weighted by Crippen LogP contribution is 2.32. The first-order valence-corrected chi connectivity index (χ1v) is 14.4. The Balaban J connectivity index is 1.41. The van der Waals surface area contributed by atoms with Crippen molar-refractivity contribution in [1.29, 1.82) is 0 Å². The van der Waals surface area contributed by atoms with E-state index in [0.29, 0.717) is 0 Å². The molecule has 0 saturated heterocycles. The van der Waals surface area contributed by atoms with E-state index in [1.54, 1.807) is 55.5 Å². The second-order valence-corrected chi connectivity index (χ2v) is 12.4. The highest BCUT2D eigenvalue weighted by molar-refractivity contribution is 7.88. The van der Waals surface area contributed by atoms with Crippen LogP contribution in [0.4, 0.5) is 16.2 Å². The fourth-order valence-corrected chi connectivity index (χ4v) is 5.53. The second kappa shape index (κ2) is 10.7. The number of carbonyl (C=O) groups is 1. The van der Waals surface area contributed by atoms with Gasteiger partial charge in [0.05, 0.1) is 0 Å². The van der Waals surface area contributed by atoms with Crippen molar-refractivity contribution in [3.63, 3.8) is 0 Å². The van der Waals surface area contributed by atoms with Crippen LogP contribution in [0.5, 0.6) is 11.5 Å². The zero-order valence-corrected chi connectivity index (χ0v) is 22.3. The molecule has 0 bridgehead atoms. The van der Waals surface area contributed by atoms with E-state index in [0.717, 1.165) is 5.57 Å². The van der Waals surface area contributed by atoms with Crippen LogP contribution in [0.25, 0.3) is 0 Å². The molecule has 0 fully saturated rings. The number of carbonyl (C=O) groups excluding carboxylic acids is 1. The molecule has 11 heteroatoms. The molecule has 0 aromatic heterocycles. The van der Waals surface area contributed by atoms with E-state index in [9.17, 15) is 21.6 Å². The number of allylic oxidation sites excluding steroid dienone is 3. The fraction of sp³-hybridized carbons (Fsp3) is 0.148.